The van der Waals surface area contributed by atoms with E-state index in [9.17, 15) is 9.18 Å². The van der Waals surface area contributed by atoms with Crippen LogP contribution in [-0.2, 0) is 18.4 Å². The SMILES string of the molecule is Cn1cc(C(N)C(=O)NCc2ccccc2F)cn1. The Morgan fingerprint density at radius 1 is 1.53 bits per heavy atom. The van der Waals surface area contributed by atoms with E-state index in [1.54, 1.807) is 36.1 Å². The minimum atomic E-state index is -0.805. The lowest BCUT2D eigenvalue weighted by Crippen LogP contribution is -2.33. The van der Waals surface area contributed by atoms with Gasteiger partial charge in [0, 0.05) is 30.9 Å². The van der Waals surface area contributed by atoms with Crippen molar-refractivity contribution in [1.29, 1.82) is 0 Å². The van der Waals surface area contributed by atoms with Gasteiger partial charge in [-0.1, -0.05) is 18.2 Å². The van der Waals surface area contributed by atoms with Crippen molar-refractivity contribution in [3.63, 3.8) is 0 Å². The lowest BCUT2D eigenvalue weighted by atomic mass is 10.1. The highest BCUT2D eigenvalue weighted by molar-refractivity contribution is 5.82. The Bertz CT molecular complexity index is 582. The standard InChI is InChI=1S/C13H15FN4O/c1-18-8-10(7-17-18)12(15)13(19)16-6-9-4-2-3-5-11(9)14/h2-5,7-8,12H,6,15H2,1H3,(H,16,19). The maximum Gasteiger partial charge on any atom is 0.241 e. The second-order valence-corrected chi connectivity index (χ2v) is 4.23. The molecule has 0 aliphatic rings. The fourth-order valence-electron chi connectivity index (χ4n) is 1.69. The molecule has 19 heavy (non-hydrogen) atoms. The number of rotatable bonds is 4. The van der Waals surface area contributed by atoms with Crippen molar-refractivity contribution in [2.24, 2.45) is 12.8 Å². The molecule has 0 aliphatic carbocycles. The molecular weight excluding hydrogens is 247 g/mol. The van der Waals surface area contributed by atoms with Crippen LogP contribution in [0.25, 0.3) is 0 Å². The molecule has 0 radical (unpaired) electrons. The van der Waals surface area contributed by atoms with Gasteiger partial charge in [-0.2, -0.15) is 5.10 Å². The molecule has 0 spiro atoms. The number of benzene rings is 1. The molecular formula is C13H15FN4O. The van der Waals surface area contributed by atoms with Crippen LogP contribution in [0.3, 0.4) is 0 Å². The summed E-state index contributed by atoms with van der Waals surface area (Å²) < 4.78 is 14.9. The van der Waals surface area contributed by atoms with Crippen LogP contribution in [-0.4, -0.2) is 15.7 Å². The van der Waals surface area contributed by atoms with Gasteiger partial charge in [-0.05, 0) is 6.07 Å². The van der Waals surface area contributed by atoms with Crippen molar-refractivity contribution >= 4 is 5.91 Å². The molecule has 6 heteroatoms. The normalized spacial score (nSPS) is 12.2. The molecule has 0 saturated carbocycles. The van der Waals surface area contributed by atoms with E-state index in [1.807, 2.05) is 0 Å². The van der Waals surface area contributed by atoms with Gasteiger partial charge in [0.25, 0.3) is 0 Å². The van der Waals surface area contributed by atoms with Gasteiger partial charge in [0.15, 0.2) is 0 Å². The first-order chi connectivity index (χ1) is 9.08. The first-order valence-electron chi connectivity index (χ1n) is 5.83. The molecule has 1 unspecified atom stereocenters. The van der Waals surface area contributed by atoms with E-state index < -0.39 is 6.04 Å². The Kier molecular flexibility index (Phi) is 3.91. The van der Waals surface area contributed by atoms with Crippen LogP contribution in [0.1, 0.15) is 17.2 Å². The van der Waals surface area contributed by atoms with Crippen LogP contribution in [0.15, 0.2) is 36.7 Å². The number of nitrogens with zero attached hydrogens (tertiary/aromatic N) is 2. The summed E-state index contributed by atoms with van der Waals surface area (Å²) in [5.74, 6) is -0.714. The first-order valence-corrected chi connectivity index (χ1v) is 5.83. The second-order valence-electron chi connectivity index (χ2n) is 4.23. The number of carbonyl (C=O) groups is 1. The van der Waals surface area contributed by atoms with Crippen molar-refractivity contribution in [2.45, 2.75) is 12.6 Å². The van der Waals surface area contributed by atoms with Crippen molar-refractivity contribution < 1.29 is 9.18 Å². The van der Waals surface area contributed by atoms with E-state index in [1.165, 1.54) is 12.3 Å². The Hall–Kier alpha value is -2.21. The summed E-state index contributed by atoms with van der Waals surface area (Å²) in [6, 6.07) is 5.47. The monoisotopic (exact) mass is 262 g/mol. The fourth-order valence-corrected chi connectivity index (χ4v) is 1.69. The minimum absolute atomic E-state index is 0.111. The third-order valence-corrected chi connectivity index (χ3v) is 2.78. The Labute approximate surface area is 110 Å². The predicted molar refractivity (Wildman–Crippen MR) is 68.4 cm³/mol. The molecule has 1 aromatic heterocycles. The molecule has 1 amide bonds. The molecule has 0 bridgehead atoms. The Morgan fingerprint density at radius 3 is 2.89 bits per heavy atom. The number of carbonyl (C=O) groups excluding carboxylic acids is 1. The number of nitrogens with one attached hydrogen (secondary N) is 1. The number of hydrogen-bond acceptors (Lipinski definition) is 3. The van der Waals surface area contributed by atoms with Gasteiger partial charge in [0.2, 0.25) is 5.91 Å². The lowest BCUT2D eigenvalue weighted by molar-refractivity contribution is -0.122. The van der Waals surface area contributed by atoms with Crippen LogP contribution in [0.4, 0.5) is 4.39 Å². The molecule has 2 rings (SSSR count). The zero-order valence-electron chi connectivity index (χ0n) is 10.5. The van der Waals surface area contributed by atoms with E-state index in [0.717, 1.165) is 0 Å². The predicted octanol–water partition coefficient (Wildman–Crippen LogP) is 0.875. The largest absolute Gasteiger partial charge is 0.350 e. The average Bonchev–Trinajstić information content (AvgIpc) is 2.83. The molecule has 0 aliphatic heterocycles. The second kappa shape index (κ2) is 5.62. The van der Waals surface area contributed by atoms with Crippen molar-refractivity contribution in [3.05, 3.63) is 53.6 Å². The zero-order chi connectivity index (χ0) is 13.8. The molecule has 0 fully saturated rings. The average molecular weight is 262 g/mol. The molecule has 1 aromatic carbocycles. The molecule has 5 nitrogen and oxygen atoms in total. The highest BCUT2D eigenvalue weighted by Crippen LogP contribution is 2.10. The maximum absolute atomic E-state index is 13.4. The quantitative estimate of drug-likeness (QED) is 0.859. The summed E-state index contributed by atoms with van der Waals surface area (Å²) in [5.41, 5.74) is 6.84. The van der Waals surface area contributed by atoms with Gasteiger partial charge in [0.05, 0.1) is 6.20 Å². The van der Waals surface area contributed by atoms with E-state index in [-0.39, 0.29) is 18.3 Å². The van der Waals surface area contributed by atoms with Crippen LogP contribution >= 0.6 is 0 Å². The van der Waals surface area contributed by atoms with Gasteiger partial charge in [0.1, 0.15) is 11.9 Å². The molecule has 100 valence electrons. The Balaban J connectivity index is 1.96. The van der Waals surface area contributed by atoms with Gasteiger partial charge in [-0.3, -0.25) is 9.48 Å². The smallest absolute Gasteiger partial charge is 0.241 e. The van der Waals surface area contributed by atoms with Crippen LogP contribution in [0.2, 0.25) is 0 Å². The van der Waals surface area contributed by atoms with E-state index >= 15 is 0 Å². The van der Waals surface area contributed by atoms with Crippen LogP contribution in [0.5, 0.6) is 0 Å². The maximum atomic E-state index is 13.4. The Morgan fingerprint density at radius 2 is 2.26 bits per heavy atom. The zero-order valence-corrected chi connectivity index (χ0v) is 10.5. The fraction of sp³-hybridized carbons (Fsp3) is 0.231. The highest BCUT2D eigenvalue weighted by atomic mass is 19.1. The van der Waals surface area contributed by atoms with Crippen molar-refractivity contribution in [1.82, 2.24) is 15.1 Å². The van der Waals surface area contributed by atoms with Crippen molar-refractivity contribution in [2.75, 3.05) is 0 Å². The third kappa shape index (κ3) is 3.17. The molecule has 0 saturated heterocycles. The molecule has 2 aromatic rings. The van der Waals surface area contributed by atoms with E-state index in [2.05, 4.69) is 10.4 Å². The number of aromatic nitrogens is 2. The van der Waals surface area contributed by atoms with Gasteiger partial charge in [-0.25, -0.2) is 4.39 Å². The van der Waals surface area contributed by atoms with E-state index in [0.29, 0.717) is 11.1 Å². The first kappa shape index (κ1) is 13.2. The topological polar surface area (TPSA) is 72.9 Å². The van der Waals surface area contributed by atoms with Gasteiger partial charge < -0.3 is 11.1 Å². The van der Waals surface area contributed by atoms with Gasteiger partial charge >= 0.3 is 0 Å². The molecule has 1 heterocycles. The summed E-state index contributed by atoms with van der Waals surface area (Å²) in [4.78, 5) is 11.8. The van der Waals surface area contributed by atoms with Crippen molar-refractivity contribution in [3.8, 4) is 0 Å². The third-order valence-electron chi connectivity index (χ3n) is 2.78. The number of halogens is 1. The minimum Gasteiger partial charge on any atom is -0.350 e. The summed E-state index contributed by atoms with van der Waals surface area (Å²) in [6.45, 7) is 0.111. The van der Waals surface area contributed by atoms with Crippen LogP contribution in [0, 0.1) is 5.82 Å². The number of aryl methyl sites for hydroxylation is 1. The highest BCUT2D eigenvalue weighted by Gasteiger charge is 2.17. The molecule has 3 N–H and O–H groups in total. The number of hydrogen-bond donors (Lipinski definition) is 2. The summed E-state index contributed by atoms with van der Waals surface area (Å²) >= 11 is 0. The summed E-state index contributed by atoms with van der Waals surface area (Å²) in [6.07, 6.45) is 3.21. The number of nitrogens with two attached hydrogens (primary N) is 1. The van der Waals surface area contributed by atoms with Gasteiger partial charge in [-0.15, -0.1) is 0 Å². The van der Waals surface area contributed by atoms with E-state index in [4.69, 9.17) is 5.73 Å². The lowest BCUT2D eigenvalue weighted by Gasteiger charge is -2.11. The molecule has 1 atom stereocenters. The number of amides is 1. The summed E-state index contributed by atoms with van der Waals surface area (Å²) in [7, 11) is 1.74. The summed E-state index contributed by atoms with van der Waals surface area (Å²) in [5, 5.41) is 6.56. The van der Waals surface area contributed by atoms with Crippen LogP contribution < -0.4 is 11.1 Å².